The summed E-state index contributed by atoms with van der Waals surface area (Å²) in [6.07, 6.45) is 0.673. The Labute approximate surface area is 86.5 Å². The maximum Gasteiger partial charge on any atom is 0.303 e. The number of halogens is 2. The predicted molar refractivity (Wildman–Crippen MR) is 51.7 cm³/mol. The topological polar surface area (TPSA) is 37.3 Å². The number of aliphatic carboxylic acids is 1. The summed E-state index contributed by atoms with van der Waals surface area (Å²) in [6.45, 7) is 1.37. The number of carbonyl (C=O) groups is 1. The minimum atomic E-state index is -0.908. The first-order valence-corrected chi connectivity index (χ1v) is 4.67. The first-order valence-electron chi connectivity index (χ1n) is 4.67. The molecule has 0 radical (unpaired) electrons. The van der Waals surface area contributed by atoms with Crippen LogP contribution in [0.1, 0.15) is 24.0 Å². The predicted octanol–water partition coefficient (Wildman–Crippen LogP) is 2.68. The van der Waals surface area contributed by atoms with Crippen molar-refractivity contribution in [1.29, 1.82) is 0 Å². The number of rotatable bonds is 4. The Morgan fingerprint density at radius 2 is 2.07 bits per heavy atom. The Bertz CT molecular complexity index is 375. The molecular formula is C11H12F2O2. The van der Waals surface area contributed by atoms with E-state index in [0.717, 1.165) is 0 Å². The summed E-state index contributed by atoms with van der Waals surface area (Å²) in [7, 11) is 0. The molecule has 0 aliphatic heterocycles. The summed E-state index contributed by atoms with van der Waals surface area (Å²) < 4.78 is 26.3. The van der Waals surface area contributed by atoms with Gasteiger partial charge in [-0.1, -0.05) is 6.07 Å². The summed E-state index contributed by atoms with van der Waals surface area (Å²) in [4.78, 5) is 10.2. The zero-order valence-electron chi connectivity index (χ0n) is 8.39. The number of benzene rings is 1. The molecule has 0 aliphatic rings. The van der Waals surface area contributed by atoms with Crippen LogP contribution in [0.3, 0.4) is 0 Å². The Morgan fingerprint density at radius 1 is 1.40 bits per heavy atom. The van der Waals surface area contributed by atoms with Crippen molar-refractivity contribution in [1.82, 2.24) is 0 Å². The monoisotopic (exact) mass is 214 g/mol. The molecule has 0 saturated heterocycles. The second kappa shape index (κ2) is 4.87. The molecule has 1 N–H and O–H groups in total. The molecule has 0 saturated carbocycles. The number of hydrogen-bond donors (Lipinski definition) is 1. The van der Waals surface area contributed by atoms with E-state index in [0.29, 0.717) is 18.4 Å². The highest BCUT2D eigenvalue weighted by Gasteiger charge is 2.09. The van der Waals surface area contributed by atoms with Crippen molar-refractivity contribution in [2.24, 2.45) is 0 Å². The fourth-order valence-electron chi connectivity index (χ4n) is 1.34. The van der Waals surface area contributed by atoms with E-state index in [1.54, 1.807) is 0 Å². The van der Waals surface area contributed by atoms with Gasteiger partial charge in [-0.05, 0) is 31.4 Å². The summed E-state index contributed by atoms with van der Waals surface area (Å²) in [5.74, 6) is -2.05. The zero-order chi connectivity index (χ0) is 11.4. The van der Waals surface area contributed by atoms with Crippen molar-refractivity contribution in [2.75, 3.05) is 0 Å². The Balaban J connectivity index is 2.70. The van der Waals surface area contributed by atoms with Gasteiger partial charge >= 0.3 is 5.97 Å². The van der Waals surface area contributed by atoms with E-state index >= 15 is 0 Å². The third kappa shape index (κ3) is 3.01. The molecule has 1 rings (SSSR count). The minimum Gasteiger partial charge on any atom is -0.481 e. The van der Waals surface area contributed by atoms with Crippen LogP contribution in [-0.2, 0) is 11.2 Å². The lowest BCUT2D eigenvalue weighted by Gasteiger charge is -2.05. The summed E-state index contributed by atoms with van der Waals surface area (Å²) >= 11 is 0. The normalized spacial score (nSPS) is 10.3. The summed E-state index contributed by atoms with van der Waals surface area (Å²) in [6, 6.07) is 2.56. The van der Waals surface area contributed by atoms with Gasteiger partial charge in [-0.2, -0.15) is 0 Å². The van der Waals surface area contributed by atoms with E-state index in [9.17, 15) is 13.6 Å². The maximum atomic E-state index is 13.4. The average Bonchev–Trinajstić information content (AvgIpc) is 2.18. The molecule has 0 atom stereocenters. The van der Waals surface area contributed by atoms with Crippen molar-refractivity contribution >= 4 is 5.97 Å². The standard InChI is InChI=1S/C11H12F2O2/c1-7-9(12)6-5-8(11(7)13)3-2-4-10(14)15/h5-6H,2-4H2,1H3,(H,14,15). The van der Waals surface area contributed by atoms with E-state index in [2.05, 4.69) is 0 Å². The van der Waals surface area contributed by atoms with Crippen LogP contribution in [0.4, 0.5) is 8.78 Å². The van der Waals surface area contributed by atoms with Crippen LogP contribution in [0, 0.1) is 18.6 Å². The molecule has 4 heteroatoms. The van der Waals surface area contributed by atoms with E-state index < -0.39 is 17.6 Å². The SMILES string of the molecule is Cc1c(F)ccc(CCCC(=O)O)c1F. The lowest BCUT2D eigenvalue weighted by molar-refractivity contribution is -0.137. The van der Waals surface area contributed by atoms with Crippen molar-refractivity contribution < 1.29 is 18.7 Å². The molecule has 82 valence electrons. The van der Waals surface area contributed by atoms with Gasteiger partial charge in [-0.25, -0.2) is 8.78 Å². The Kier molecular flexibility index (Phi) is 3.77. The largest absolute Gasteiger partial charge is 0.481 e. The van der Waals surface area contributed by atoms with Gasteiger partial charge in [0.05, 0.1) is 0 Å². The van der Waals surface area contributed by atoms with Gasteiger partial charge in [0.25, 0.3) is 0 Å². The molecule has 1 aromatic carbocycles. The highest BCUT2D eigenvalue weighted by molar-refractivity contribution is 5.66. The van der Waals surface area contributed by atoms with Gasteiger partial charge in [0.2, 0.25) is 0 Å². The Morgan fingerprint density at radius 3 is 2.67 bits per heavy atom. The van der Waals surface area contributed by atoms with Crippen LogP contribution in [0.5, 0.6) is 0 Å². The van der Waals surface area contributed by atoms with Crippen molar-refractivity contribution in [2.45, 2.75) is 26.2 Å². The van der Waals surface area contributed by atoms with Crippen LogP contribution in [0.25, 0.3) is 0 Å². The molecule has 0 fully saturated rings. The van der Waals surface area contributed by atoms with Crippen molar-refractivity contribution in [3.8, 4) is 0 Å². The molecular weight excluding hydrogens is 202 g/mol. The molecule has 0 amide bonds. The van der Waals surface area contributed by atoms with Crippen LogP contribution in [-0.4, -0.2) is 11.1 Å². The zero-order valence-corrected chi connectivity index (χ0v) is 8.39. The van der Waals surface area contributed by atoms with E-state index in [1.165, 1.54) is 19.1 Å². The second-order valence-corrected chi connectivity index (χ2v) is 3.39. The molecule has 0 bridgehead atoms. The molecule has 0 aromatic heterocycles. The third-order valence-electron chi connectivity index (χ3n) is 2.24. The van der Waals surface area contributed by atoms with Crippen LogP contribution in [0.15, 0.2) is 12.1 Å². The molecule has 0 aliphatic carbocycles. The number of carboxylic acids is 1. The van der Waals surface area contributed by atoms with Crippen molar-refractivity contribution in [3.05, 3.63) is 34.9 Å². The van der Waals surface area contributed by atoms with Gasteiger partial charge in [-0.3, -0.25) is 4.79 Å². The van der Waals surface area contributed by atoms with E-state index in [1.807, 2.05) is 0 Å². The van der Waals surface area contributed by atoms with Gasteiger partial charge in [0.15, 0.2) is 0 Å². The van der Waals surface area contributed by atoms with Gasteiger partial charge in [0, 0.05) is 12.0 Å². The fourth-order valence-corrected chi connectivity index (χ4v) is 1.34. The van der Waals surface area contributed by atoms with Crippen LogP contribution in [0.2, 0.25) is 0 Å². The van der Waals surface area contributed by atoms with Crippen LogP contribution < -0.4 is 0 Å². The minimum absolute atomic E-state index is 0.00410. The van der Waals surface area contributed by atoms with Crippen LogP contribution >= 0.6 is 0 Å². The number of carboxylic acid groups (broad SMARTS) is 1. The lowest BCUT2D eigenvalue weighted by atomic mass is 10.0. The lowest BCUT2D eigenvalue weighted by Crippen LogP contribution is -2.00. The molecule has 0 unspecified atom stereocenters. The van der Waals surface area contributed by atoms with Gasteiger partial charge < -0.3 is 5.11 Å². The van der Waals surface area contributed by atoms with Crippen molar-refractivity contribution in [3.63, 3.8) is 0 Å². The maximum absolute atomic E-state index is 13.4. The number of hydrogen-bond acceptors (Lipinski definition) is 1. The van der Waals surface area contributed by atoms with Gasteiger partial charge in [0.1, 0.15) is 11.6 Å². The average molecular weight is 214 g/mol. The van der Waals surface area contributed by atoms with Gasteiger partial charge in [-0.15, -0.1) is 0 Å². The first-order chi connectivity index (χ1) is 7.02. The Hall–Kier alpha value is -1.45. The molecule has 2 nitrogen and oxygen atoms in total. The van der Waals surface area contributed by atoms with E-state index in [4.69, 9.17) is 5.11 Å². The highest BCUT2D eigenvalue weighted by Crippen LogP contribution is 2.17. The summed E-state index contributed by atoms with van der Waals surface area (Å²) in [5.41, 5.74) is 0.359. The van der Waals surface area contributed by atoms with E-state index in [-0.39, 0.29) is 12.0 Å². The molecule has 0 spiro atoms. The number of aryl methyl sites for hydroxylation is 1. The molecule has 1 aromatic rings. The summed E-state index contributed by atoms with van der Waals surface area (Å²) in [5, 5.41) is 8.41. The molecule has 15 heavy (non-hydrogen) atoms. The third-order valence-corrected chi connectivity index (χ3v) is 2.24. The highest BCUT2D eigenvalue weighted by atomic mass is 19.1. The molecule has 0 heterocycles. The first kappa shape index (κ1) is 11.6. The second-order valence-electron chi connectivity index (χ2n) is 3.39. The smallest absolute Gasteiger partial charge is 0.303 e. The quantitative estimate of drug-likeness (QED) is 0.836. The fraction of sp³-hybridized carbons (Fsp3) is 0.364.